The van der Waals surface area contributed by atoms with E-state index in [4.69, 9.17) is 10.00 Å². The first-order valence-corrected chi connectivity index (χ1v) is 8.99. The van der Waals surface area contributed by atoms with Gasteiger partial charge < -0.3 is 9.84 Å². The monoisotopic (exact) mass is 335 g/mol. The van der Waals surface area contributed by atoms with Crippen molar-refractivity contribution in [2.24, 2.45) is 5.92 Å². The largest absolute Gasteiger partial charge is 0.507 e. The molecule has 1 N–H and O–H groups in total. The fraction of sp³-hybridized carbons (Fsp3) is 0.500. The summed E-state index contributed by atoms with van der Waals surface area (Å²) in [5.74, 6) is 7.89. The van der Waals surface area contributed by atoms with Gasteiger partial charge in [0, 0.05) is 35.8 Å². The highest BCUT2D eigenvalue weighted by Crippen LogP contribution is 2.54. The molecular weight excluding hydrogens is 310 g/mol. The smallest absolute Gasteiger partial charge is 0.128 e. The van der Waals surface area contributed by atoms with Gasteiger partial charge in [0.05, 0.1) is 6.07 Å². The molecule has 2 atom stereocenters. The van der Waals surface area contributed by atoms with E-state index in [0.717, 1.165) is 36.1 Å². The molecule has 0 aromatic heterocycles. The summed E-state index contributed by atoms with van der Waals surface area (Å²) in [5.41, 5.74) is 2.82. The van der Waals surface area contributed by atoms with Crippen LogP contribution in [0.25, 0.3) is 0 Å². The number of rotatable bonds is 2. The fourth-order valence-electron chi connectivity index (χ4n) is 4.06. The first-order chi connectivity index (χ1) is 11.9. The minimum Gasteiger partial charge on any atom is -0.507 e. The molecule has 2 aliphatic rings. The predicted octanol–water partition coefficient (Wildman–Crippen LogP) is 5.05. The average Bonchev–Trinajstić information content (AvgIpc) is 2.53. The Labute approximate surface area is 150 Å². The third-order valence-electron chi connectivity index (χ3n) is 5.33. The molecule has 3 heteroatoms. The van der Waals surface area contributed by atoms with E-state index in [0.29, 0.717) is 30.4 Å². The van der Waals surface area contributed by atoms with E-state index in [2.05, 4.69) is 44.8 Å². The SMILES string of the molecule is CC1=CC[C@@H]2[C@@H](C1)c1c(O)cc(C#CCCCC#N)cc1OC2(C)C. The number of nitrogens with zero attached hydrogens (tertiary/aromatic N) is 1. The Kier molecular flexibility index (Phi) is 4.78. The minimum atomic E-state index is -0.264. The third-order valence-corrected chi connectivity index (χ3v) is 5.33. The van der Waals surface area contributed by atoms with Crippen molar-refractivity contribution in [3.8, 4) is 29.4 Å². The molecule has 3 nitrogen and oxygen atoms in total. The highest BCUT2D eigenvalue weighted by atomic mass is 16.5. The molecule has 0 saturated carbocycles. The normalized spacial score (nSPS) is 23.0. The lowest BCUT2D eigenvalue weighted by Gasteiger charge is -2.47. The van der Waals surface area contributed by atoms with E-state index in [9.17, 15) is 5.11 Å². The number of hydrogen-bond acceptors (Lipinski definition) is 3. The number of nitriles is 1. The zero-order valence-corrected chi connectivity index (χ0v) is 15.2. The summed E-state index contributed by atoms with van der Waals surface area (Å²) < 4.78 is 6.29. The quantitative estimate of drug-likeness (QED) is 0.467. The van der Waals surface area contributed by atoms with Crippen molar-refractivity contribution in [1.82, 2.24) is 0 Å². The number of fused-ring (bicyclic) bond motifs is 3. The Morgan fingerprint density at radius 3 is 2.88 bits per heavy atom. The van der Waals surface area contributed by atoms with Crippen LogP contribution in [0.15, 0.2) is 23.8 Å². The molecule has 0 fully saturated rings. The lowest BCUT2D eigenvalue weighted by molar-refractivity contribution is 0.00759. The van der Waals surface area contributed by atoms with E-state index in [1.165, 1.54) is 5.57 Å². The molecule has 0 spiro atoms. The van der Waals surface area contributed by atoms with Gasteiger partial charge in [0.2, 0.25) is 0 Å². The van der Waals surface area contributed by atoms with Gasteiger partial charge in [-0.1, -0.05) is 23.5 Å². The summed E-state index contributed by atoms with van der Waals surface area (Å²) in [6.45, 7) is 6.44. The van der Waals surface area contributed by atoms with E-state index in [1.807, 2.05) is 6.07 Å². The zero-order valence-electron chi connectivity index (χ0n) is 15.2. The first-order valence-electron chi connectivity index (χ1n) is 8.99. The second kappa shape index (κ2) is 6.85. The van der Waals surface area contributed by atoms with Crippen molar-refractivity contribution < 1.29 is 9.84 Å². The number of phenolic OH excluding ortho intramolecular Hbond substituents is 1. The van der Waals surface area contributed by atoms with Crippen molar-refractivity contribution in [2.45, 2.75) is 64.4 Å². The topological polar surface area (TPSA) is 53.2 Å². The highest BCUT2D eigenvalue weighted by Gasteiger charge is 2.45. The molecule has 1 aromatic carbocycles. The van der Waals surface area contributed by atoms with Crippen molar-refractivity contribution in [1.29, 1.82) is 5.26 Å². The van der Waals surface area contributed by atoms with Gasteiger partial charge in [0.1, 0.15) is 17.1 Å². The molecule has 0 amide bonds. The fourth-order valence-corrected chi connectivity index (χ4v) is 4.06. The molecule has 0 radical (unpaired) electrons. The number of aromatic hydroxyl groups is 1. The summed E-state index contributed by atoms with van der Waals surface area (Å²) in [6.07, 6.45) is 6.25. The summed E-state index contributed by atoms with van der Waals surface area (Å²) in [5, 5.41) is 19.2. The van der Waals surface area contributed by atoms with Crippen molar-refractivity contribution in [3.05, 3.63) is 34.9 Å². The number of phenols is 1. The maximum atomic E-state index is 10.7. The van der Waals surface area contributed by atoms with Crippen LogP contribution in [-0.4, -0.2) is 10.7 Å². The van der Waals surface area contributed by atoms with Crippen molar-refractivity contribution >= 4 is 0 Å². The predicted molar refractivity (Wildman–Crippen MR) is 98.4 cm³/mol. The Morgan fingerprint density at radius 1 is 1.32 bits per heavy atom. The number of benzene rings is 1. The second-order valence-corrected chi connectivity index (χ2v) is 7.63. The van der Waals surface area contributed by atoms with E-state index in [-0.39, 0.29) is 5.60 Å². The average molecular weight is 335 g/mol. The molecular formula is C22H25NO2. The van der Waals surface area contributed by atoms with Crippen molar-refractivity contribution in [3.63, 3.8) is 0 Å². The number of hydrogen-bond donors (Lipinski definition) is 1. The molecule has 25 heavy (non-hydrogen) atoms. The van der Waals surface area contributed by atoms with Gasteiger partial charge in [-0.05, 0) is 52.2 Å². The van der Waals surface area contributed by atoms with E-state index in [1.54, 1.807) is 6.07 Å². The molecule has 1 heterocycles. The zero-order chi connectivity index (χ0) is 18.0. The molecule has 1 aliphatic carbocycles. The number of allylic oxidation sites excluding steroid dienone is 2. The van der Waals surface area contributed by atoms with E-state index >= 15 is 0 Å². The van der Waals surface area contributed by atoms with Gasteiger partial charge >= 0.3 is 0 Å². The Morgan fingerprint density at radius 2 is 2.12 bits per heavy atom. The first kappa shape index (κ1) is 17.4. The van der Waals surface area contributed by atoms with Gasteiger partial charge in [-0.25, -0.2) is 0 Å². The molecule has 3 rings (SSSR count). The van der Waals surface area contributed by atoms with Gasteiger partial charge in [0.15, 0.2) is 0 Å². The van der Waals surface area contributed by atoms with Crippen LogP contribution in [0.1, 0.15) is 69.9 Å². The summed E-state index contributed by atoms with van der Waals surface area (Å²) in [6, 6.07) is 5.83. The van der Waals surface area contributed by atoms with E-state index < -0.39 is 0 Å². The van der Waals surface area contributed by atoms with Gasteiger partial charge in [-0.3, -0.25) is 0 Å². The van der Waals surface area contributed by atoms with Crippen LogP contribution in [0.5, 0.6) is 11.5 Å². The highest BCUT2D eigenvalue weighted by molar-refractivity contribution is 5.56. The van der Waals surface area contributed by atoms with Crippen LogP contribution in [0.2, 0.25) is 0 Å². The van der Waals surface area contributed by atoms with Gasteiger partial charge in [0.25, 0.3) is 0 Å². The van der Waals surface area contributed by atoms with Gasteiger partial charge in [-0.2, -0.15) is 5.26 Å². The van der Waals surface area contributed by atoms with Crippen molar-refractivity contribution in [2.75, 3.05) is 0 Å². The maximum absolute atomic E-state index is 10.7. The summed E-state index contributed by atoms with van der Waals surface area (Å²) >= 11 is 0. The minimum absolute atomic E-state index is 0.264. The molecule has 0 saturated heterocycles. The van der Waals surface area contributed by atoms with Crippen LogP contribution in [0, 0.1) is 29.1 Å². The lowest BCUT2D eigenvalue weighted by atomic mass is 9.67. The standard InChI is InChI=1S/C22H25NO2/c1-15-9-10-18-17(12-15)21-19(24)13-16(8-6-4-5-7-11-23)14-20(21)25-22(18,2)3/h9,13-14,17-18,24H,4-5,7,10,12H2,1-3H3/t17-,18-/m1/s1. The van der Waals surface area contributed by atoms with Crippen LogP contribution >= 0.6 is 0 Å². The molecule has 0 bridgehead atoms. The Hall–Kier alpha value is -2.39. The van der Waals surface area contributed by atoms with Crippen LogP contribution in [-0.2, 0) is 0 Å². The second-order valence-electron chi connectivity index (χ2n) is 7.63. The molecule has 1 aliphatic heterocycles. The summed E-state index contributed by atoms with van der Waals surface area (Å²) in [4.78, 5) is 0. The van der Waals surface area contributed by atoms with Crippen LogP contribution in [0.3, 0.4) is 0 Å². The summed E-state index contributed by atoms with van der Waals surface area (Å²) in [7, 11) is 0. The number of ether oxygens (including phenoxy) is 1. The molecule has 1 aromatic rings. The number of unbranched alkanes of at least 4 members (excludes halogenated alkanes) is 2. The molecule has 130 valence electrons. The van der Waals surface area contributed by atoms with Gasteiger partial charge in [-0.15, -0.1) is 0 Å². The van der Waals surface area contributed by atoms with Crippen LogP contribution in [0.4, 0.5) is 0 Å². The maximum Gasteiger partial charge on any atom is 0.128 e. The van der Waals surface area contributed by atoms with Crippen LogP contribution < -0.4 is 4.74 Å². The lowest BCUT2D eigenvalue weighted by Crippen LogP contribution is -2.45. The molecule has 0 unspecified atom stereocenters. The Balaban J connectivity index is 1.93. The third kappa shape index (κ3) is 3.52. The Bertz CT molecular complexity index is 802.